The van der Waals surface area contributed by atoms with Crippen molar-refractivity contribution in [3.8, 4) is 0 Å². The fraction of sp³-hybridized carbons (Fsp3) is 0.667. The monoisotopic (exact) mass is 384 g/mol. The summed E-state index contributed by atoms with van der Waals surface area (Å²) >= 11 is 0. The average Bonchev–Trinajstić information content (AvgIpc) is 3.34. The van der Waals surface area contributed by atoms with Crippen LogP contribution >= 0.6 is 0 Å². The number of H-pyrrole nitrogens is 1. The molecule has 2 aromatic rings. The van der Waals surface area contributed by atoms with Crippen molar-refractivity contribution in [3.63, 3.8) is 0 Å². The van der Waals surface area contributed by atoms with Gasteiger partial charge in [-0.15, -0.1) is 0 Å². The fourth-order valence-corrected chi connectivity index (χ4v) is 4.95. The molecule has 152 valence electrons. The summed E-state index contributed by atoms with van der Waals surface area (Å²) in [5.74, 6) is 1.78. The third-order valence-corrected chi connectivity index (χ3v) is 6.35. The summed E-state index contributed by atoms with van der Waals surface area (Å²) in [5.41, 5.74) is 2.47. The maximum atomic E-state index is 12.9. The molecule has 0 aromatic carbocycles. The van der Waals surface area contributed by atoms with E-state index in [1.165, 1.54) is 11.4 Å². The fourth-order valence-electron chi connectivity index (χ4n) is 4.95. The third-order valence-electron chi connectivity index (χ3n) is 6.35. The smallest absolute Gasteiger partial charge is 0.242 e. The van der Waals surface area contributed by atoms with Gasteiger partial charge >= 0.3 is 0 Å². The summed E-state index contributed by atoms with van der Waals surface area (Å²) in [6, 6.07) is 0. The summed E-state index contributed by atoms with van der Waals surface area (Å²) in [5, 5.41) is 0. The molecule has 0 unspecified atom stereocenters. The summed E-state index contributed by atoms with van der Waals surface area (Å²) < 4.78 is 1.98. The van der Waals surface area contributed by atoms with Crippen molar-refractivity contribution < 1.29 is 4.79 Å². The molecule has 0 bridgehead atoms. The molecule has 2 aromatic heterocycles. The number of aromatic amines is 1. The summed E-state index contributed by atoms with van der Waals surface area (Å²) in [6.45, 7) is 10.7. The number of aryl methyl sites for hydroxylation is 1. The molecule has 28 heavy (non-hydrogen) atoms. The lowest BCUT2D eigenvalue weighted by molar-refractivity contribution is -0.135. The molecule has 1 amide bonds. The molecule has 1 fully saturated rings. The van der Waals surface area contributed by atoms with Gasteiger partial charge in [0.05, 0.1) is 17.6 Å². The van der Waals surface area contributed by atoms with Crippen molar-refractivity contribution >= 4 is 5.91 Å². The molecule has 7 nitrogen and oxygen atoms in total. The molecule has 1 spiro atoms. The zero-order valence-electron chi connectivity index (χ0n) is 17.3. The molecule has 0 atom stereocenters. The van der Waals surface area contributed by atoms with E-state index in [4.69, 9.17) is 4.98 Å². The van der Waals surface area contributed by atoms with Crippen LogP contribution in [0.2, 0.25) is 0 Å². The minimum atomic E-state index is -0.0295. The largest absolute Gasteiger partial charge is 0.348 e. The number of aromatic nitrogens is 4. The van der Waals surface area contributed by atoms with Crippen LogP contribution in [0.4, 0.5) is 0 Å². The van der Waals surface area contributed by atoms with Gasteiger partial charge in [-0.3, -0.25) is 9.69 Å². The minimum absolute atomic E-state index is 0.0295. The number of carbonyl (C=O) groups is 1. The van der Waals surface area contributed by atoms with Gasteiger partial charge in [-0.2, -0.15) is 0 Å². The Morgan fingerprint density at radius 3 is 2.75 bits per heavy atom. The van der Waals surface area contributed by atoms with Crippen molar-refractivity contribution in [2.24, 2.45) is 5.92 Å². The standard InChI is InChI=1S/C21H32N6O/c1-4-18-22-8-12-26(18)14-19(28)25-10-6-21(7-11-25)20-17(23-15-24-20)5-9-27(21)13-16(2)3/h8,12,15-16H,4-7,9-11,13-14H2,1-3H3,(H,23,24). The maximum Gasteiger partial charge on any atom is 0.242 e. The van der Waals surface area contributed by atoms with Gasteiger partial charge < -0.3 is 14.5 Å². The number of hydrogen-bond acceptors (Lipinski definition) is 4. The van der Waals surface area contributed by atoms with Crippen molar-refractivity contribution in [2.45, 2.75) is 58.5 Å². The van der Waals surface area contributed by atoms with Crippen LogP contribution < -0.4 is 0 Å². The van der Waals surface area contributed by atoms with Crippen LogP contribution in [0.25, 0.3) is 0 Å². The van der Waals surface area contributed by atoms with Gasteiger partial charge in [0.25, 0.3) is 0 Å². The van der Waals surface area contributed by atoms with Crippen LogP contribution in [0.5, 0.6) is 0 Å². The van der Waals surface area contributed by atoms with E-state index in [0.29, 0.717) is 12.5 Å². The number of carbonyl (C=O) groups excluding carboxylic acids is 1. The van der Waals surface area contributed by atoms with E-state index in [1.54, 1.807) is 6.20 Å². The number of amides is 1. The molecule has 2 aliphatic heterocycles. The predicted molar refractivity (Wildman–Crippen MR) is 108 cm³/mol. The SMILES string of the molecule is CCc1nccn1CC(=O)N1CCC2(CC1)c1nc[nH]c1CCN2CC(C)C. The number of nitrogens with one attached hydrogen (secondary N) is 1. The Hall–Kier alpha value is -2.15. The molecule has 4 rings (SSSR count). The Labute approximate surface area is 167 Å². The Morgan fingerprint density at radius 2 is 2.04 bits per heavy atom. The van der Waals surface area contributed by atoms with E-state index >= 15 is 0 Å². The number of nitrogens with zero attached hydrogens (tertiary/aromatic N) is 5. The first-order chi connectivity index (χ1) is 13.5. The maximum absolute atomic E-state index is 12.9. The lowest BCUT2D eigenvalue weighted by Gasteiger charge is -2.51. The highest BCUT2D eigenvalue weighted by Gasteiger charge is 2.47. The summed E-state index contributed by atoms with van der Waals surface area (Å²) in [7, 11) is 0. The van der Waals surface area contributed by atoms with E-state index in [0.717, 1.165) is 57.7 Å². The molecule has 0 radical (unpaired) electrons. The topological polar surface area (TPSA) is 70.0 Å². The van der Waals surface area contributed by atoms with Crippen molar-refractivity contribution in [1.29, 1.82) is 0 Å². The Kier molecular flexibility index (Phi) is 5.27. The van der Waals surface area contributed by atoms with Crippen molar-refractivity contribution in [3.05, 3.63) is 35.9 Å². The zero-order valence-corrected chi connectivity index (χ0v) is 17.3. The lowest BCUT2D eigenvalue weighted by atomic mass is 9.78. The summed E-state index contributed by atoms with van der Waals surface area (Å²) in [4.78, 5) is 30.0. The van der Waals surface area contributed by atoms with Gasteiger partial charge in [-0.25, -0.2) is 9.97 Å². The van der Waals surface area contributed by atoms with Gasteiger partial charge in [0.2, 0.25) is 5.91 Å². The normalized spacial score (nSPS) is 19.4. The molecular weight excluding hydrogens is 352 g/mol. The number of piperidine rings is 1. The number of likely N-dealkylation sites (tertiary alicyclic amines) is 1. The lowest BCUT2D eigenvalue weighted by Crippen LogP contribution is -2.58. The van der Waals surface area contributed by atoms with Crippen molar-refractivity contribution in [1.82, 2.24) is 29.3 Å². The highest BCUT2D eigenvalue weighted by atomic mass is 16.2. The highest BCUT2D eigenvalue weighted by Crippen LogP contribution is 2.42. The number of imidazole rings is 2. The molecule has 4 heterocycles. The van der Waals surface area contributed by atoms with Gasteiger partial charge in [0, 0.05) is 57.1 Å². The predicted octanol–water partition coefficient (Wildman–Crippen LogP) is 2.20. The van der Waals surface area contributed by atoms with Crippen LogP contribution in [-0.2, 0) is 29.7 Å². The quantitative estimate of drug-likeness (QED) is 0.858. The minimum Gasteiger partial charge on any atom is -0.348 e. The Bertz CT molecular complexity index is 814. The first-order valence-electron chi connectivity index (χ1n) is 10.6. The number of fused-ring (bicyclic) bond motifs is 2. The molecule has 7 heteroatoms. The molecule has 1 N–H and O–H groups in total. The first-order valence-corrected chi connectivity index (χ1v) is 10.6. The van der Waals surface area contributed by atoms with Gasteiger partial charge in [-0.1, -0.05) is 20.8 Å². The van der Waals surface area contributed by atoms with Crippen LogP contribution in [0.3, 0.4) is 0 Å². The second-order valence-corrected chi connectivity index (χ2v) is 8.56. The number of hydrogen-bond donors (Lipinski definition) is 1. The van der Waals surface area contributed by atoms with Crippen LogP contribution in [0, 0.1) is 5.92 Å². The average molecular weight is 385 g/mol. The molecule has 0 aliphatic carbocycles. The van der Waals surface area contributed by atoms with E-state index in [1.807, 2.05) is 22.0 Å². The molecule has 0 saturated carbocycles. The van der Waals surface area contributed by atoms with Gasteiger partial charge in [-0.05, 0) is 18.8 Å². The van der Waals surface area contributed by atoms with Crippen molar-refractivity contribution in [2.75, 3.05) is 26.2 Å². The highest BCUT2D eigenvalue weighted by molar-refractivity contribution is 5.76. The molecule has 1 saturated heterocycles. The van der Waals surface area contributed by atoms with E-state index in [9.17, 15) is 4.79 Å². The van der Waals surface area contributed by atoms with Crippen LogP contribution in [0.1, 0.15) is 50.8 Å². The molecular formula is C21H32N6O. The summed E-state index contributed by atoms with van der Waals surface area (Å²) in [6.07, 6.45) is 9.31. The van der Waals surface area contributed by atoms with Gasteiger partial charge in [0.1, 0.15) is 12.4 Å². The second kappa shape index (κ2) is 7.70. The number of rotatable bonds is 5. The van der Waals surface area contributed by atoms with E-state index < -0.39 is 0 Å². The van der Waals surface area contributed by atoms with E-state index in [-0.39, 0.29) is 11.4 Å². The first kappa shape index (κ1) is 19.2. The van der Waals surface area contributed by atoms with Crippen LogP contribution in [-0.4, -0.2) is 61.4 Å². The third kappa shape index (κ3) is 3.36. The van der Waals surface area contributed by atoms with Gasteiger partial charge in [0.15, 0.2) is 0 Å². The Balaban J connectivity index is 1.49. The van der Waals surface area contributed by atoms with Crippen LogP contribution in [0.15, 0.2) is 18.7 Å². The molecule has 2 aliphatic rings. The van der Waals surface area contributed by atoms with E-state index in [2.05, 4.69) is 35.6 Å². The zero-order chi connectivity index (χ0) is 19.7. The second-order valence-electron chi connectivity index (χ2n) is 8.56. The Morgan fingerprint density at radius 1 is 1.25 bits per heavy atom.